The lowest BCUT2D eigenvalue weighted by atomic mass is 9.73. The molecule has 176 valence electrons. The van der Waals surface area contributed by atoms with Crippen LogP contribution in [0.2, 0.25) is 5.02 Å². The Hall–Kier alpha value is -2.27. The number of fused-ring (bicyclic) bond motifs is 1. The first-order valence-electron chi connectivity index (χ1n) is 10.9. The molecule has 0 aromatic carbocycles. The second-order valence-corrected chi connectivity index (χ2v) is 10.3. The summed E-state index contributed by atoms with van der Waals surface area (Å²) in [4.78, 5) is 12.2. The average Bonchev–Trinajstić information content (AvgIpc) is 3.36. The van der Waals surface area contributed by atoms with E-state index in [0.29, 0.717) is 38.4 Å². The molecule has 2 atom stereocenters. The first-order valence-corrected chi connectivity index (χ1v) is 12.1. The number of nitrogens with zero attached hydrogens (tertiary/aromatic N) is 4. The molecule has 0 saturated carbocycles. The van der Waals surface area contributed by atoms with Crippen LogP contribution in [0.25, 0.3) is 5.65 Å². The summed E-state index contributed by atoms with van der Waals surface area (Å²) in [6.07, 6.45) is 5.02. The number of alkyl halides is 1. The van der Waals surface area contributed by atoms with Crippen molar-refractivity contribution in [2.45, 2.75) is 48.4 Å². The normalized spacial score (nSPS) is 22.5. The third-order valence-corrected chi connectivity index (χ3v) is 8.67. The Morgan fingerprint density at radius 3 is 2.73 bits per heavy atom. The van der Waals surface area contributed by atoms with Gasteiger partial charge in [-0.1, -0.05) is 23.4 Å². The lowest BCUT2D eigenvalue weighted by Crippen LogP contribution is -2.51. The van der Waals surface area contributed by atoms with Gasteiger partial charge in [-0.3, -0.25) is 4.40 Å². The monoisotopic (exact) mass is 491 g/mol. The molecule has 0 aliphatic carbocycles. The van der Waals surface area contributed by atoms with Crippen LogP contribution in [-0.2, 0) is 11.4 Å². The molecule has 0 radical (unpaired) electrons. The van der Waals surface area contributed by atoms with Crippen LogP contribution in [0.4, 0.5) is 21.7 Å². The van der Waals surface area contributed by atoms with Gasteiger partial charge in [0.25, 0.3) is 0 Å². The zero-order chi connectivity index (χ0) is 23.3. The van der Waals surface area contributed by atoms with Crippen molar-refractivity contribution >= 4 is 46.3 Å². The van der Waals surface area contributed by atoms with Crippen LogP contribution in [0.3, 0.4) is 0 Å². The number of rotatable bonds is 4. The molecule has 6 N–H and O–H groups in total. The fraction of sp³-hybridized carbons (Fsp3) is 0.455. The maximum absolute atomic E-state index is 14.0. The highest BCUT2D eigenvalue weighted by Crippen LogP contribution is 2.45. The van der Waals surface area contributed by atoms with Gasteiger partial charge in [0.05, 0.1) is 40.2 Å². The van der Waals surface area contributed by atoms with Gasteiger partial charge in [-0.15, -0.1) is 0 Å². The molecule has 8 nitrogen and oxygen atoms in total. The molecule has 2 fully saturated rings. The Balaban J connectivity index is 1.51. The summed E-state index contributed by atoms with van der Waals surface area (Å²) in [5.41, 5.74) is 20.4. The van der Waals surface area contributed by atoms with Crippen LogP contribution in [0.15, 0.2) is 34.3 Å². The molecule has 5 heterocycles. The van der Waals surface area contributed by atoms with Crippen molar-refractivity contribution < 1.29 is 9.13 Å². The fourth-order valence-electron chi connectivity index (χ4n) is 4.92. The van der Waals surface area contributed by atoms with Crippen LogP contribution >= 0.6 is 23.4 Å². The first-order chi connectivity index (χ1) is 15.8. The number of piperidine rings is 1. The van der Waals surface area contributed by atoms with Crippen molar-refractivity contribution in [2.75, 3.05) is 36.1 Å². The Labute approximate surface area is 200 Å². The lowest BCUT2D eigenvalue weighted by molar-refractivity contribution is 0.0974. The average molecular weight is 492 g/mol. The maximum atomic E-state index is 14.0. The smallest absolute Gasteiger partial charge is 0.154 e. The van der Waals surface area contributed by atoms with E-state index in [9.17, 15) is 4.39 Å². The van der Waals surface area contributed by atoms with Crippen LogP contribution in [0, 0.1) is 5.41 Å². The fourth-order valence-corrected chi connectivity index (χ4v) is 6.10. The predicted molar refractivity (Wildman–Crippen MR) is 129 cm³/mol. The molecule has 0 unspecified atom stereocenters. The molecular weight excluding hydrogens is 465 g/mol. The van der Waals surface area contributed by atoms with Crippen LogP contribution < -0.4 is 22.1 Å². The quantitative estimate of drug-likeness (QED) is 0.507. The van der Waals surface area contributed by atoms with Crippen molar-refractivity contribution in [3.05, 3.63) is 35.2 Å². The lowest BCUT2D eigenvalue weighted by Gasteiger charge is -2.42. The minimum Gasteiger partial charge on any atom is -0.398 e. The standard InChI is InChI=1S/C22H27ClFN7OS/c1-12-19(26)22(11-32-12)3-6-30(7-4-22)16-8-14(25)18(21-29-10-13(9-24)31(16)21)33-15-2-5-28-20(27)17(15)23/h2,5,8,10,12,19H,3-4,6-7,9,11,25-26H2,1H3,(H2,27,28)/t12-,19+/m0/s1. The van der Waals surface area contributed by atoms with Crippen LogP contribution in [-0.4, -0.2) is 46.2 Å². The summed E-state index contributed by atoms with van der Waals surface area (Å²) in [6, 6.07) is 3.68. The van der Waals surface area contributed by atoms with E-state index >= 15 is 0 Å². The Bertz CT molecular complexity index is 1200. The number of halogens is 2. The molecule has 2 aliphatic rings. The van der Waals surface area contributed by atoms with E-state index in [2.05, 4.69) is 14.9 Å². The Morgan fingerprint density at radius 1 is 1.30 bits per heavy atom. The summed E-state index contributed by atoms with van der Waals surface area (Å²) in [7, 11) is 0. The van der Waals surface area contributed by atoms with E-state index in [-0.39, 0.29) is 23.4 Å². The van der Waals surface area contributed by atoms with Crippen molar-refractivity contribution in [2.24, 2.45) is 11.1 Å². The Morgan fingerprint density at radius 2 is 2.06 bits per heavy atom. The zero-order valence-corrected chi connectivity index (χ0v) is 19.9. The SMILES string of the molecule is C[C@@H]1OCC2(CCN(c3cc(N)c(Sc4ccnc(N)c4Cl)c4ncc(CF)n34)CC2)[C@@H]1N. The number of ether oxygens (including phenoxy) is 1. The van der Waals surface area contributed by atoms with Gasteiger partial charge in [0.2, 0.25) is 0 Å². The van der Waals surface area contributed by atoms with Gasteiger partial charge in [0.15, 0.2) is 5.65 Å². The maximum Gasteiger partial charge on any atom is 0.154 e. The van der Waals surface area contributed by atoms with E-state index in [1.54, 1.807) is 18.5 Å². The molecule has 3 aromatic rings. The zero-order valence-electron chi connectivity index (χ0n) is 18.3. The van der Waals surface area contributed by atoms with Gasteiger partial charge in [0.1, 0.15) is 18.3 Å². The molecule has 2 aliphatic heterocycles. The summed E-state index contributed by atoms with van der Waals surface area (Å²) in [6.45, 7) is 3.64. The largest absolute Gasteiger partial charge is 0.398 e. The number of aromatic nitrogens is 3. The highest BCUT2D eigenvalue weighted by atomic mass is 35.5. The van der Waals surface area contributed by atoms with E-state index in [0.717, 1.165) is 31.7 Å². The van der Waals surface area contributed by atoms with Crippen molar-refractivity contribution in [1.29, 1.82) is 0 Å². The third-order valence-electron chi connectivity index (χ3n) is 6.97. The first kappa shape index (κ1) is 22.5. The molecule has 11 heteroatoms. The molecule has 0 amide bonds. The number of anilines is 3. The van der Waals surface area contributed by atoms with E-state index < -0.39 is 6.67 Å². The highest BCUT2D eigenvalue weighted by Gasteiger charge is 2.47. The second-order valence-electron chi connectivity index (χ2n) is 8.83. The van der Waals surface area contributed by atoms with Crippen LogP contribution in [0.1, 0.15) is 25.5 Å². The van der Waals surface area contributed by atoms with Gasteiger partial charge in [-0.2, -0.15) is 0 Å². The van der Waals surface area contributed by atoms with Crippen molar-refractivity contribution in [3.8, 4) is 0 Å². The number of hydrogen-bond donors (Lipinski definition) is 3. The third kappa shape index (κ3) is 3.69. The number of imidazole rings is 1. The van der Waals surface area contributed by atoms with E-state index in [1.165, 1.54) is 11.8 Å². The van der Waals surface area contributed by atoms with Gasteiger partial charge >= 0.3 is 0 Å². The predicted octanol–water partition coefficient (Wildman–Crippen LogP) is 3.50. The van der Waals surface area contributed by atoms with E-state index in [1.807, 2.05) is 17.4 Å². The van der Waals surface area contributed by atoms with Gasteiger partial charge in [-0.25, -0.2) is 14.4 Å². The van der Waals surface area contributed by atoms with Gasteiger partial charge in [-0.05, 0) is 25.8 Å². The van der Waals surface area contributed by atoms with Gasteiger partial charge < -0.3 is 26.8 Å². The summed E-state index contributed by atoms with van der Waals surface area (Å²) >= 11 is 7.69. The van der Waals surface area contributed by atoms with Crippen LogP contribution in [0.5, 0.6) is 0 Å². The Kier molecular flexibility index (Phi) is 5.80. The van der Waals surface area contributed by atoms with E-state index in [4.69, 9.17) is 33.5 Å². The van der Waals surface area contributed by atoms with Crippen molar-refractivity contribution in [1.82, 2.24) is 14.4 Å². The summed E-state index contributed by atoms with van der Waals surface area (Å²) < 4.78 is 21.6. The number of nitrogens with two attached hydrogens (primary N) is 3. The molecule has 2 saturated heterocycles. The highest BCUT2D eigenvalue weighted by molar-refractivity contribution is 7.99. The molecule has 33 heavy (non-hydrogen) atoms. The molecule has 0 bridgehead atoms. The minimum atomic E-state index is -0.640. The summed E-state index contributed by atoms with van der Waals surface area (Å²) in [5, 5.41) is 0.354. The number of pyridine rings is 2. The topological polar surface area (TPSA) is 121 Å². The molecule has 5 rings (SSSR count). The summed E-state index contributed by atoms with van der Waals surface area (Å²) in [5.74, 6) is 1.07. The number of hydrogen-bond acceptors (Lipinski definition) is 8. The molecule has 3 aromatic heterocycles. The second kappa shape index (κ2) is 8.50. The number of nitrogen functional groups attached to an aromatic ring is 2. The van der Waals surface area contributed by atoms with Gasteiger partial charge in [0, 0.05) is 41.7 Å². The van der Waals surface area contributed by atoms with Crippen molar-refractivity contribution in [3.63, 3.8) is 0 Å². The molecular formula is C22H27ClFN7OS. The molecule has 1 spiro atoms. The minimum absolute atomic E-state index is 0.00769.